The monoisotopic (exact) mass is 272 g/mol. The van der Waals surface area contributed by atoms with E-state index in [2.05, 4.69) is 9.88 Å². The third-order valence-corrected chi connectivity index (χ3v) is 5.21. The van der Waals surface area contributed by atoms with E-state index in [4.69, 9.17) is 0 Å². The highest BCUT2D eigenvalue weighted by molar-refractivity contribution is 5.94. The smallest absolute Gasteiger partial charge is 0.159 e. The summed E-state index contributed by atoms with van der Waals surface area (Å²) in [5, 5.41) is 0. The van der Waals surface area contributed by atoms with Gasteiger partial charge >= 0.3 is 0 Å². The molecule has 2 fully saturated rings. The molecule has 1 aliphatic heterocycles. The normalized spacial score (nSPS) is 21.9. The number of Topliss-reactive ketones (excluding diaryl/α,β-unsaturated/α-hetero) is 1. The van der Waals surface area contributed by atoms with E-state index in [0.717, 1.165) is 24.5 Å². The molecule has 0 bridgehead atoms. The molecule has 0 amide bonds. The Kier molecular flexibility index (Phi) is 3.77. The summed E-state index contributed by atoms with van der Waals surface area (Å²) >= 11 is 0. The summed E-state index contributed by atoms with van der Waals surface area (Å²) in [5.74, 6) is 1.10. The fraction of sp³-hybridized carbons (Fsp3) is 0.647. The minimum atomic E-state index is 0.120. The molecule has 20 heavy (non-hydrogen) atoms. The first-order chi connectivity index (χ1) is 9.69. The van der Waals surface area contributed by atoms with Gasteiger partial charge in [-0.1, -0.05) is 19.3 Å². The van der Waals surface area contributed by atoms with Crippen LogP contribution in [0.25, 0.3) is 0 Å². The Hall–Kier alpha value is -1.38. The number of pyridine rings is 1. The van der Waals surface area contributed by atoms with Gasteiger partial charge < -0.3 is 4.90 Å². The highest BCUT2D eigenvalue weighted by atomic mass is 16.1. The first-order valence-electron chi connectivity index (χ1n) is 7.91. The summed E-state index contributed by atoms with van der Waals surface area (Å²) in [6.07, 6.45) is 11.4. The predicted octanol–water partition coefficient (Wildman–Crippen LogP) is 3.83. The van der Waals surface area contributed by atoms with E-state index >= 15 is 0 Å². The van der Waals surface area contributed by atoms with E-state index < -0.39 is 0 Å². The molecule has 1 spiro atoms. The van der Waals surface area contributed by atoms with Crippen molar-refractivity contribution in [2.75, 3.05) is 18.0 Å². The number of rotatable bonds is 2. The molecule has 0 unspecified atom stereocenters. The Morgan fingerprint density at radius 1 is 1.15 bits per heavy atom. The number of hydrogen-bond acceptors (Lipinski definition) is 3. The highest BCUT2D eigenvalue weighted by Crippen LogP contribution is 2.44. The Labute approximate surface area is 121 Å². The van der Waals surface area contributed by atoms with Gasteiger partial charge in [0.05, 0.1) is 0 Å². The quantitative estimate of drug-likeness (QED) is 0.767. The van der Waals surface area contributed by atoms with Crippen molar-refractivity contribution in [3.63, 3.8) is 0 Å². The van der Waals surface area contributed by atoms with Gasteiger partial charge in [-0.2, -0.15) is 0 Å². The van der Waals surface area contributed by atoms with Crippen molar-refractivity contribution in [1.29, 1.82) is 0 Å². The minimum absolute atomic E-state index is 0.120. The Morgan fingerprint density at radius 3 is 2.50 bits per heavy atom. The lowest BCUT2D eigenvalue weighted by Crippen LogP contribution is -2.41. The van der Waals surface area contributed by atoms with E-state index in [1.807, 2.05) is 6.07 Å². The van der Waals surface area contributed by atoms with Crippen LogP contribution in [0.4, 0.5) is 5.82 Å². The topological polar surface area (TPSA) is 33.2 Å². The molecule has 0 N–H and O–H groups in total. The Bertz CT molecular complexity index is 482. The fourth-order valence-corrected chi connectivity index (χ4v) is 3.82. The van der Waals surface area contributed by atoms with E-state index in [0.29, 0.717) is 5.41 Å². The zero-order chi connectivity index (χ0) is 14.0. The van der Waals surface area contributed by atoms with E-state index in [1.54, 1.807) is 19.2 Å². The van der Waals surface area contributed by atoms with Crippen LogP contribution in [0.3, 0.4) is 0 Å². The fourth-order valence-electron chi connectivity index (χ4n) is 3.82. The number of aromatic nitrogens is 1. The molecule has 0 aromatic carbocycles. The van der Waals surface area contributed by atoms with E-state index in [-0.39, 0.29) is 5.78 Å². The molecule has 0 radical (unpaired) electrons. The summed E-state index contributed by atoms with van der Waals surface area (Å²) in [4.78, 5) is 18.3. The number of nitrogens with zero attached hydrogens (tertiary/aromatic N) is 2. The highest BCUT2D eigenvalue weighted by Gasteiger charge is 2.35. The van der Waals surface area contributed by atoms with Gasteiger partial charge in [-0.15, -0.1) is 0 Å². The second kappa shape index (κ2) is 5.55. The van der Waals surface area contributed by atoms with Gasteiger partial charge in [0.2, 0.25) is 0 Å². The number of carbonyl (C=O) groups is 1. The van der Waals surface area contributed by atoms with Crippen molar-refractivity contribution < 1.29 is 4.79 Å². The van der Waals surface area contributed by atoms with Crippen LogP contribution in [0.1, 0.15) is 62.2 Å². The average Bonchev–Trinajstić information content (AvgIpc) is 2.49. The summed E-state index contributed by atoms with van der Waals surface area (Å²) in [6.45, 7) is 3.80. The zero-order valence-corrected chi connectivity index (χ0v) is 12.4. The average molecular weight is 272 g/mol. The number of piperidine rings is 1. The van der Waals surface area contributed by atoms with Crippen LogP contribution in [0.5, 0.6) is 0 Å². The molecule has 2 heterocycles. The molecule has 3 nitrogen and oxygen atoms in total. The number of carbonyl (C=O) groups excluding carboxylic acids is 1. The number of hydrogen-bond donors (Lipinski definition) is 0. The largest absolute Gasteiger partial charge is 0.357 e. The molecule has 1 saturated carbocycles. The molecule has 1 aliphatic carbocycles. The van der Waals surface area contributed by atoms with Gasteiger partial charge in [-0.25, -0.2) is 4.98 Å². The molecule has 3 rings (SSSR count). The van der Waals surface area contributed by atoms with Crippen LogP contribution in [0, 0.1) is 5.41 Å². The third-order valence-electron chi connectivity index (χ3n) is 5.21. The first kappa shape index (κ1) is 13.6. The van der Waals surface area contributed by atoms with E-state index in [9.17, 15) is 4.79 Å². The minimum Gasteiger partial charge on any atom is -0.357 e. The van der Waals surface area contributed by atoms with Crippen molar-refractivity contribution in [3.05, 3.63) is 23.9 Å². The maximum Gasteiger partial charge on any atom is 0.159 e. The summed E-state index contributed by atoms with van der Waals surface area (Å²) in [5.41, 5.74) is 1.39. The third kappa shape index (κ3) is 2.72. The molecule has 2 aliphatic rings. The van der Waals surface area contributed by atoms with Gasteiger partial charge in [0.25, 0.3) is 0 Å². The first-order valence-corrected chi connectivity index (χ1v) is 7.91. The van der Waals surface area contributed by atoms with Crippen LogP contribution in [0.15, 0.2) is 18.3 Å². The van der Waals surface area contributed by atoms with Crippen LogP contribution in [0.2, 0.25) is 0 Å². The van der Waals surface area contributed by atoms with Crippen LogP contribution < -0.4 is 4.90 Å². The molecule has 1 saturated heterocycles. The van der Waals surface area contributed by atoms with Gasteiger partial charge in [0.15, 0.2) is 5.78 Å². The standard InChI is InChI=1S/C17H24N2O/c1-14(20)15-5-10-18-16(13-15)19-11-8-17(9-12-19)6-3-2-4-7-17/h5,10,13H,2-4,6-9,11-12H2,1H3. The van der Waals surface area contributed by atoms with Crippen molar-refractivity contribution >= 4 is 11.6 Å². The Balaban J connectivity index is 1.68. The van der Waals surface area contributed by atoms with Gasteiger partial charge in [0, 0.05) is 24.8 Å². The van der Waals surface area contributed by atoms with Crippen molar-refractivity contribution in [3.8, 4) is 0 Å². The second-order valence-electron chi connectivity index (χ2n) is 6.51. The van der Waals surface area contributed by atoms with Crippen molar-refractivity contribution in [2.45, 2.75) is 51.9 Å². The maximum atomic E-state index is 11.5. The van der Waals surface area contributed by atoms with Crippen molar-refractivity contribution in [2.24, 2.45) is 5.41 Å². The summed E-state index contributed by atoms with van der Waals surface area (Å²) in [6, 6.07) is 3.75. The van der Waals surface area contributed by atoms with Crippen LogP contribution >= 0.6 is 0 Å². The van der Waals surface area contributed by atoms with Crippen LogP contribution in [-0.2, 0) is 0 Å². The van der Waals surface area contributed by atoms with Crippen molar-refractivity contribution in [1.82, 2.24) is 4.98 Å². The molecule has 0 atom stereocenters. The lowest BCUT2D eigenvalue weighted by atomic mass is 9.68. The van der Waals surface area contributed by atoms with Gasteiger partial charge in [-0.05, 0) is 50.2 Å². The number of ketones is 1. The Morgan fingerprint density at radius 2 is 1.85 bits per heavy atom. The SMILES string of the molecule is CC(=O)c1ccnc(N2CCC3(CCCCC3)CC2)c1. The summed E-state index contributed by atoms with van der Waals surface area (Å²) in [7, 11) is 0. The second-order valence-corrected chi connectivity index (χ2v) is 6.51. The van der Waals surface area contributed by atoms with Gasteiger partial charge in [-0.3, -0.25) is 4.79 Å². The lowest BCUT2D eigenvalue weighted by molar-refractivity contribution is 0.101. The van der Waals surface area contributed by atoms with Gasteiger partial charge in [0.1, 0.15) is 5.82 Å². The van der Waals surface area contributed by atoms with E-state index in [1.165, 1.54) is 44.9 Å². The lowest BCUT2D eigenvalue weighted by Gasteiger charge is -2.44. The molecular weight excluding hydrogens is 248 g/mol. The summed E-state index contributed by atoms with van der Waals surface area (Å²) < 4.78 is 0. The number of anilines is 1. The molecular formula is C17H24N2O. The molecule has 3 heteroatoms. The predicted molar refractivity (Wildman–Crippen MR) is 81.2 cm³/mol. The zero-order valence-electron chi connectivity index (χ0n) is 12.4. The maximum absolute atomic E-state index is 11.5. The molecule has 1 aromatic rings. The van der Waals surface area contributed by atoms with Crippen LogP contribution in [-0.4, -0.2) is 23.9 Å². The molecule has 108 valence electrons. The molecule has 1 aromatic heterocycles.